The van der Waals surface area contributed by atoms with Crippen molar-refractivity contribution in [3.63, 3.8) is 0 Å². The van der Waals surface area contributed by atoms with Crippen molar-refractivity contribution in [3.05, 3.63) is 36.5 Å². The SMILES string of the molecule is CCC1/C=C/C=C\CC(C)C(O)[C@@](C)(O)C(=O)C(C)C(O)C(C)C(=O)C(C)C(O)C(C)/C=C\C(=O)O[C@H]2C(C)C(CC1)O[C@]1(CCC(C)C(CC(C)O)O1)C2C. The summed E-state index contributed by atoms with van der Waals surface area (Å²) in [7, 11) is 0. The molecular weight excluding hydrogens is 716 g/mol. The average Bonchev–Trinajstić information content (AvgIpc) is 3.16. The first kappa shape index (κ1) is 48.1. The highest BCUT2D eigenvalue weighted by molar-refractivity contribution is 5.91. The highest BCUT2D eigenvalue weighted by atomic mass is 16.7. The van der Waals surface area contributed by atoms with Crippen LogP contribution in [-0.2, 0) is 28.6 Å². The van der Waals surface area contributed by atoms with Crippen LogP contribution in [0.4, 0.5) is 0 Å². The molecule has 0 aromatic rings. The van der Waals surface area contributed by atoms with E-state index in [1.54, 1.807) is 20.8 Å². The maximum absolute atomic E-state index is 13.5. The van der Waals surface area contributed by atoms with Crippen LogP contribution in [-0.4, -0.2) is 97.2 Å². The summed E-state index contributed by atoms with van der Waals surface area (Å²) < 4.78 is 20.0. The first-order valence-corrected chi connectivity index (χ1v) is 21.2. The van der Waals surface area contributed by atoms with Gasteiger partial charge in [-0.05, 0) is 70.1 Å². The van der Waals surface area contributed by atoms with Crippen molar-refractivity contribution in [2.45, 2.75) is 175 Å². The van der Waals surface area contributed by atoms with E-state index < -0.39 is 89.0 Å². The van der Waals surface area contributed by atoms with Crippen molar-refractivity contribution >= 4 is 17.5 Å². The topological polar surface area (TPSA) is 180 Å². The fourth-order valence-corrected chi connectivity index (χ4v) is 9.01. The fraction of sp³-hybridized carbons (Fsp3) is 0.800. The van der Waals surface area contributed by atoms with E-state index in [9.17, 15) is 39.9 Å². The van der Waals surface area contributed by atoms with Crippen LogP contribution in [0.5, 0.6) is 0 Å². The minimum absolute atomic E-state index is 0.168. The van der Waals surface area contributed by atoms with Gasteiger partial charge in [-0.1, -0.05) is 92.7 Å². The lowest BCUT2D eigenvalue weighted by atomic mass is 9.74. The van der Waals surface area contributed by atoms with Crippen molar-refractivity contribution < 1.29 is 54.1 Å². The Morgan fingerprint density at radius 1 is 0.839 bits per heavy atom. The summed E-state index contributed by atoms with van der Waals surface area (Å²) in [6, 6.07) is 0. The van der Waals surface area contributed by atoms with Gasteiger partial charge < -0.3 is 39.7 Å². The van der Waals surface area contributed by atoms with E-state index in [-0.39, 0.29) is 35.9 Å². The average molecular weight is 791 g/mol. The van der Waals surface area contributed by atoms with E-state index in [1.807, 2.05) is 32.1 Å². The first-order valence-electron chi connectivity index (χ1n) is 21.2. The maximum atomic E-state index is 13.5. The van der Waals surface area contributed by atoms with E-state index in [2.05, 4.69) is 19.9 Å². The number of carbonyl (C=O) groups excluding carboxylic acids is 3. The maximum Gasteiger partial charge on any atom is 0.330 e. The molecule has 2 bridgehead atoms. The van der Waals surface area contributed by atoms with Crippen LogP contribution in [0.1, 0.15) is 121 Å². The van der Waals surface area contributed by atoms with Gasteiger partial charge in [0, 0.05) is 48.0 Å². The molecule has 0 aliphatic carbocycles. The van der Waals surface area contributed by atoms with Crippen LogP contribution in [0.2, 0.25) is 0 Å². The molecular formula is C45H74O11. The molecule has 0 radical (unpaired) electrons. The van der Waals surface area contributed by atoms with Gasteiger partial charge in [-0.2, -0.15) is 0 Å². The molecule has 18 atom stereocenters. The highest BCUT2D eigenvalue weighted by Gasteiger charge is 2.56. The van der Waals surface area contributed by atoms with Crippen LogP contribution in [0.25, 0.3) is 0 Å². The smallest absolute Gasteiger partial charge is 0.330 e. The molecule has 11 heteroatoms. The number of ketones is 2. The number of Topliss-reactive ketones (excluding diaryl/α,β-unsaturated/α-hetero) is 2. The van der Waals surface area contributed by atoms with Gasteiger partial charge in [0.25, 0.3) is 0 Å². The van der Waals surface area contributed by atoms with Crippen molar-refractivity contribution in [1.82, 2.24) is 0 Å². The number of allylic oxidation sites excluding steroid dienone is 4. The Kier molecular flexibility index (Phi) is 17.7. The third-order valence-electron chi connectivity index (χ3n) is 13.4. The van der Waals surface area contributed by atoms with Crippen LogP contribution < -0.4 is 0 Å². The molecule has 3 heterocycles. The lowest BCUT2D eigenvalue weighted by Crippen LogP contribution is -2.62. The molecule has 3 aliphatic rings. The largest absolute Gasteiger partial charge is 0.458 e. The Hall–Kier alpha value is -2.25. The number of hydrogen-bond acceptors (Lipinski definition) is 11. The fourth-order valence-electron chi connectivity index (χ4n) is 9.01. The second-order valence-electron chi connectivity index (χ2n) is 18.0. The van der Waals surface area contributed by atoms with E-state index in [4.69, 9.17) is 14.2 Å². The summed E-state index contributed by atoms with van der Waals surface area (Å²) in [4.78, 5) is 40.5. The van der Waals surface area contributed by atoms with Gasteiger partial charge in [-0.15, -0.1) is 0 Å². The summed E-state index contributed by atoms with van der Waals surface area (Å²) in [6.45, 7) is 19.1. The number of aliphatic hydroxyl groups is 5. The Bertz CT molecular complexity index is 1390. The highest BCUT2D eigenvalue weighted by Crippen LogP contribution is 2.49. The van der Waals surface area contributed by atoms with E-state index in [0.717, 1.165) is 19.3 Å². The predicted octanol–water partition coefficient (Wildman–Crippen LogP) is 5.88. The molecule has 1 spiro atoms. The Balaban J connectivity index is 1.99. The molecule has 0 saturated carbocycles. The van der Waals surface area contributed by atoms with Crippen LogP contribution in [0.3, 0.4) is 0 Å². The monoisotopic (exact) mass is 791 g/mol. The lowest BCUT2D eigenvalue weighted by molar-refractivity contribution is -0.371. The lowest BCUT2D eigenvalue weighted by Gasteiger charge is -2.55. The van der Waals surface area contributed by atoms with E-state index in [1.165, 1.54) is 39.8 Å². The summed E-state index contributed by atoms with van der Waals surface area (Å²) in [5.74, 6) is -7.28. The molecule has 56 heavy (non-hydrogen) atoms. The molecule has 15 unspecified atom stereocenters. The zero-order valence-electron chi connectivity index (χ0n) is 35.8. The molecule has 11 nitrogen and oxygen atoms in total. The van der Waals surface area contributed by atoms with Gasteiger partial charge in [-0.25, -0.2) is 4.79 Å². The molecule has 0 aromatic carbocycles. The quantitative estimate of drug-likeness (QED) is 0.216. The summed E-state index contributed by atoms with van der Waals surface area (Å²) >= 11 is 0. The molecule has 0 aromatic heterocycles. The second-order valence-corrected chi connectivity index (χ2v) is 18.0. The molecule has 3 rings (SSSR count). The number of fused-ring (bicyclic) bond motifs is 2. The van der Waals surface area contributed by atoms with Gasteiger partial charge in [-0.3, -0.25) is 9.59 Å². The molecule has 2 saturated heterocycles. The zero-order valence-corrected chi connectivity index (χ0v) is 35.8. The third-order valence-corrected chi connectivity index (χ3v) is 13.4. The summed E-state index contributed by atoms with van der Waals surface area (Å²) in [5, 5.41) is 55.0. The molecule has 3 aliphatic heterocycles. The van der Waals surface area contributed by atoms with Gasteiger partial charge >= 0.3 is 5.97 Å². The van der Waals surface area contributed by atoms with Crippen LogP contribution in [0, 0.1) is 53.3 Å². The Morgan fingerprint density at radius 2 is 1.48 bits per heavy atom. The first-order chi connectivity index (χ1) is 26.1. The van der Waals surface area contributed by atoms with E-state index >= 15 is 0 Å². The second kappa shape index (κ2) is 20.6. The number of ether oxygens (including phenoxy) is 3. The molecule has 2 fully saturated rings. The molecule has 0 amide bonds. The summed E-state index contributed by atoms with van der Waals surface area (Å²) in [5.41, 5.74) is -2.18. The Morgan fingerprint density at radius 3 is 2.11 bits per heavy atom. The van der Waals surface area contributed by atoms with Crippen molar-refractivity contribution in [2.24, 2.45) is 53.3 Å². The van der Waals surface area contributed by atoms with Crippen LogP contribution >= 0.6 is 0 Å². The predicted molar refractivity (Wildman–Crippen MR) is 215 cm³/mol. The zero-order chi connectivity index (χ0) is 42.3. The van der Waals surface area contributed by atoms with Crippen molar-refractivity contribution in [1.29, 1.82) is 0 Å². The third kappa shape index (κ3) is 11.5. The van der Waals surface area contributed by atoms with E-state index in [0.29, 0.717) is 25.7 Å². The van der Waals surface area contributed by atoms with Gasteiger partial charge in [0.05, 0.1) is 36.6 Å². The standard InChI is InChI=1S/C45H74O11/c1-12-34-17-15-13-14-16-27(4)42(51)44(11,53)43(52)32(9)40(50)31(8)39(49)30(7)38(48)26(3)18-21-37(47)54-41-29(6)35(20-19-34)55-45(33(41)10)23-22-25(2)36(56-45)24-28(5)46/h13-15,17-18,21,25-36,38,40-42,46,48,50-51,53H,12,16,19-20,22-24H2,1-11H3/b14-13-,17-15+,21-18-/t25?,26?,27?,28?,29?,30?,31?,32?,33?,34?,35?,36?,38?,40?,41-,42?,44+,45-/m0/s1. The number of carbonyl (C=O) groups is 3. The van der Waals surface area contributed by atoms with Crippen LogP contribution in [0.15, 0.2) is 36.5 Å². The van der Waals surface area contributed by atoms with Gasteiger partial charge in [0.1, 0.15) is 17.5 Å². The van der Waals surface area contributed by atoms with Gasteiger partial charge in [0.15, 0.2) is 11.6 Å². The number of esters is 1. The minimum atomic E-state index is -2.18. The molecule has 320 valence electrons. The molecule has 5 N–H and O–H groups in total. The van der Waals surface area contributed by atoms with Crippen molar-refractivity contribution in [2.75, 3.05) is 0 Å². The Labute approximate surface area is 336 Å². The minimum Gasteiger partial charge on any atom is -0.458 e. The number of rotatable bonds is 3. The summed E-state index contributed by atoms with van der Waals surface area (Å²) in [6.07, 6.45) is 9.62. The normalized spacial score (nSPS) is 46.8. The van der Waals surface area contributed by atoms with Crippen molar-refractivity contribution in [3.8, 4) is 0 Å². The number of aliphatic hydroxyl groups excluding tert-OH is 4. The number of hydrogen-bond donors (Lipinski definition) is 5. The van der Waals surface area contributed by atoms with Gasteiger partial charge in [0.2, 0.25) is 0 Å².